The number of nitrogens with one attached hydrogen (secondary N) is 1. The summed E-state index contributed by atoms with van der Waals surface area (Å²) in [6.45, 7) is 1.39. The van der Waals surface area contributed by atoms with Crippen LogP contribution in [0, 0.1) is 5.92 Å². The highest BCUT2D eigenvalue weighted by molar-refractivity contribution is 7.17. The molecule has 0 unspecified atom stereocenters. The van der Waals surface area contributed by atoms with Gasteiger partial charge in [-0.15, -0.1) is 0 Å². The van der Waals surface area contributed by atoms with Crippen molar-refractivity contribution < 1.29 is 14.7 Å². The van der Waals surface area contributed by atoms with Crippen LogP contribution >= 0.6 is 11.3 Å². The van der Waals surface area contributed by atoms with E-state index < -0.39 is 5.97 Å². The van der Waals surface area contributed by atoms with Gasteiger partial charge in [-0.1, -0.05) is 43.4 Å². The lowest BCUT2D eigenvalue weighted by molar-refractivity contribution is -0.114. The van der Waals surface area contributed by atoms with E-state index in [1.807, 2.05) is 0 Å². The van der Waals surface area contributed by atoms with Crippen molar-refractivity contribution in [2.45, 2.75) is 51.9 Å². The third-order valence-electron chi connectivity index (χ3n) is 3.69. The molecule has 0 spiro atoms. The second-order valence-corrected chi connectivity index (χ2v) is 6.32. The maximum atomic E-state index is 11.2. The van der Waals surface area contributed by atoms with Gasteiger partial charge in [0, 0.05) is 6.92 Å². The Morgan fingerprint density at radius 3 is 2.65 bits per heavy atom. The van der Waals surface area contributed by atoms with Crippen LogP contribution in [-0.2, 0) is 11.2 Å². The number of carbonyl (C=O) groups excluding carboxylic acids is 1. The second-order valence-electron chi connectivity index (χ2n) is 5.32. The molecule has 1 aromatic heterocycles. The zero-order valence-electron chi connectivity index (χ0n) is 11.6. The average Bonchev–Trinajstić information content (AvgIpc) is 2.80. The van der Waals surface area contributed by atoms with E-state index in [2.05, 4.69) is 10.3 Å². The van der Waals surface area contributed by atoms with Crippen LogP contribution in [0.25, 0.3) is 0 Å². The fourth-order valence-electron chi connectivity index (χ4n) is 2.71. The molecular formula is C14H20N2O3S. The molecule has 2 N–H and O–H groups in total. The third-order valence-corrected chi connectivity index (χ3v) is 4.69. The molecule has 5 nitrogen and oxygen atoms in total. The molecule has 20 heavy (non-hydrogen) atoms. The highest BCUT2D eigenvalue weighted by Crippen LogP contribution is 2.30. The smallest absolute Gasteiger partial charge is 0.347 e. The van der Waals surface area contributed by atoms with Crippen molar-refractivity contribution in [2.24, 2.45) is 5.92 Å². The van der Waals surface area contributed by atoms with Crippen molar-refractivity contribution in [3.8, 4) is 0 Å². The van der Waals surface area contributed by atoms with Gasteiger partial charge in [-0.3, -0.25) is 4.79 Å². The summed E-state index contributed by atoms with van der Waals surface area (Å²) in [6, 6.07) is 0. The van der Waals surface area contributed by atoms with E-state index in [0.717, 1.165) is 17.8 Å². The van der Waals surface area contributed by atoms with Crippen LogP contribution < -0.4 is 5.32 Å². The van der Waals surface area contributed by atoms with Crippen molar-refractivity contribution in [2.75, 3.05) is 5.32 Å². The number of anilines is 1. The molecule has 6 heteroatoms. The van der Waals surface area contributed by atoms with Gasteiger partial charge in [0.1, 0.15) is 4.88 Å². The molecule has 1 fully saturated rings. The van der Waals surface area contributed by atoms with E-state index in [0.29, 0.717) is 23.2 Å². The summed E-state index contributed by atoms with van der Waals surface area (Å²) in [5.74, 6) is -0.497. The van der Waals surface area contributed by atoms with Gasteiger partial charge in [0.25, 0.3) is 0 Å². The predicted molar refractivity (Wildman–Crippen MR) is 78.3 cm³/mol. The minimum absolute atomic E-state index is 0.227. The molecule has 2 rings (SSSR count). The number of rotatable bonds is 5. The van der Waals surface area contributed by atoms with Gasteiger partial charge in [-0.25, -0.2) is 9.78 Å². The van der Waals surface area contributed by atoms with E-state index in [4.69, 9.17) is 0 Å². The number of amides is 1. The third kappa shape index (κ3) is 4.03. The van der Waals surface area contributed by atoms with E-state index >= 15 is 0 Å². The fraction of sp³-hybridized carbons (Fsp3) is 0.643. The summed E-state index contributed by atoms with van der Waals surface area (Å²) in [5, 5.41) is 12.2. The summed E-state index contributed by atoms with van der Waals surface area (Å²) < 4.78 is 0. The van der Waals surface area contributed by atoms with Crippen LogP contribution in [0.1, 0.15) is 60.8 Å². The zero-order valence-corrected chi connectivity index (χ0v) is 12.5. The molecule has 1 aliphatic rings. The fourth-order valence-corrected chi connectivity index (χ4v) is 3.61. The van der Waals surface area contributed by atoms with E-state index in [1.165, 1.54) is 39.0 Å². The first-order valence-electron chi connectivity index (χ1n) is 7.07. The number of carboxylic acid groups (broad SMARTS) is 1. The topological polar surface area (TPSA) is 79.3 Å². The maximum Gasteiger partial charge on any atom is 0.347 e. The Hall–Kier alpha value is -1.43. The first-order chi connectivity index (χ1) is 9.56. The number of carboxylic acids is 1. The van der Waals surface area contributed by atoms with Crippen LogP contribution in [0.4, 0.5) is 5.13 Å². The van der Waals surface area contributed by atoms with Gasteiger partial charge in [-0.05, 0) is 18.8 Å². The monoisotopic (exact) mass is 296 g/mol. The Morgan fingerprint density at radius 2 is 2.05 bits per heavy atom. The van der Waals surface area contributed by atoms with Gasteiger partial charge >= 0.3 is 5.97 Å². The van der Waals surface area contributed by atoms with E-state index in [9.17, 15) is 14.7 Å². The lowest BCUT2D eigenvalue weighted by atomic mass is 9.86. The quantitative estimate of drug-likeness (QED) is 0.873. The van der Waals surface area contributed by atoms with Gasteiger partial charge < -0.3 is 10.4 Å². The van der Waals surface area contributed by atoms with Gasteiger partial charge in [0.05, 0.1) is 5.69 Å². The summed E-state index contributed by atoms with van der Waals surface area (Å²) in [5.41, 5.74) is 0.608. The minimum atomic E-state index is -0.960. The largest absolute Gasteiger partial charge is 0.477 e. The van der Waals surface area contributed by atoms with E-state index in [1.54, 1.807) is 0 Å². The van der Waals surface area contributed by atoms with Gasteiger partial charge in [0.2, 0.25) is 5.91 Å². The SMILES string of the molecule is CC(=O)Nc1nc(CCC2CCCCC2)c(C(=O)O)s1. The lowest BCUT2D eigenvalue weighted by Crippen LogP contribution is -2.09. The lowest BCUT2D eigenvalue weighted by Gasteiger charge is -2.20. The maximum absolute atomic E-state index is 11.2. The molecule has 1 amide bonds. The molecule has 0 atom stereocenters. The molecule has 0 aromatic carbocycles. The zero-order chi connectivity index (χ0) is 14.5. The summed E-state index contributed by atoms with van der Waals surface area (Å²) in [4.78, 5) is 26.8. The number of hydrogen-bond acceptors (Lipinski definition) is 4. The van der Waals surface area contributed by atoms with Crippen molar-refractivity contribution in [1.82, 2.24) is 4.98 Å². The minimum Gasteiger partial charge on any atom is -0.477 e. The number of carbonyl (C=O) groups is 2. The van der Waals surface area contributed by atoms with Gasteiger partial charge in [-0.2, -0.15) is 0 Å². The molecule has 0 aliphatic heterocycles. The Labute approximate surface area is 122 Å². The Morgan fingerprint density at radius 1 is 1.35 bits per heavy atom. The van der Waals surface area contributed by atoms with Crippen molar-refractivity contribution in [1.29, 1.82) is 0 Å². The van der Waals surface area contributed by atoms with Crippen LogP contribution in [0.2, 0.25) is 0 Å². The number of aryl methyl sites for hydroxylation is 1. The van der Waals surface area contributed by atoms with Crippen molar-refractivity contribution in [3.05, 3.63) is 10.6 Å². The van der Waals surface area contributed by atoms with Crippen LogP contribution in [0.15, 0.2) is 0 Å². The van der Waals surface area contributed by atoms with Crippen molar-refractivity contribution in [3.63, 3.8) is 0 Å². The molecule has 1 aliphatic carbocycles. The Bertz CT molecular complexity index is 493. The normalized spacial score (nSPS) is 16.1. The number of thiazole rings is 1. The van der Waals surface area contributed by atoms with E-state index in [-0.39, 0.29) is 10.8 Å². The molecule has 1 saturated carbocycles. The second kappa shape index (κ2) is 6.83. The molecule has 110 valence electrons. The molecule has 0 radical (unpaired) electrons. The molecule has 1 aromatic rings. The van der Waals surface area contributed by atoms with Gasteiger partial charge in [0.15, 0.2) is 5.13 Å². The number of aromatic nitrogens is 1. The van der Waals surface area contributed by atoms with Crippen molar-refractivity contribution >= 4 is 28.3 Å². The van der Waals surface area contributed by atoms with Crippen LogP contribution in [0.5, 0.6) is 0 Å². The summed E-state index contributed by atoms with van der Waals surface area (Å²) in [7, 11) is 0. The molecule has 0 bridgehead atoms. The molecular weight excluding hydrogens is 276 g/mol. The van der Waals surface area contributed by atoms with Crippen LogP contribution in [0.3, 0.4) is 0 Å². The molecule has 0 saturated heterocycles. The molecule has 1 heterocycles. The first-order valence-corrected chi connectivity index (χ1v) is 7.88. The summed E-state index contributed by atoms with van der Waals surface area (Å²) in [6.07, 6.45) is 8.04. The highest BCUT2D eigenvalue weighted by Gasteiger charge is 2.20. The highest BCUT2D eigenvalue weighted by atomic mass is 32.1. The number of nitrogens with zero attached hydrogens (tertiary/aromatic N) is 1. The van der Waals surface area contributed by atoms with Crippen LogP contribution in [-0.4, -0.2) is 22.0 Å². The predicted octanol–water partition coefficient (Wildman–Crippen LogP) is 3.31. The Kier molecular flexibility index (Phi) is 5.11. The average molecular weight is 296 g/mol. The number of aromatic carboxylic acids is 1. The first kappa shape index (κ1) is 15.0. The Balaban J connectivity index is 2.02. The number of hydrogen-bond donors (Lipinski definition) is 2. The standard InChI is InChI=1S/C14H20N2O3S/c1-9(17)15-14-16-11(12(20-14)13(18)19)8-7-10-5-3-2-4-6-10/h10H,2-8H2,1H3,(H,18,19)(H,15,16,17). The summed E-state index contributed by atoms with van der Waals surface area (Å²) >= 11 is 1.04.